The molecular weight excluding hydrogens is 334 g/mol. The highest BCUT2D eigenvalue weighted by molar-refractivity contribution is 6.30. The number of anilines is 1. The molecule has 25 heavy (non-hydrogen) atoms. The van der Waals surface area contributed by atoms with E-state index in [9.17, 15) is 4.79 Å². The molecule has 3 aromatic rings. The summed E-state index contributed by atoms with van der Waals surface area (Å²) >= 11 is 6.10. The third-order valence-corrected chi connectivity index (χ3v) is 4.93. The number of nitrogens with one attached hydrogen (secondary N) is 1. The smallest absolute Gasteiger partial charge is 0.236 e. The van der Waals surface area contributed by atoms with E-state index in [1.165, 1.54) is 0 Å². The maximum Gasteiger partial charge on any atom is 0.236 e. The lowest BCUT2D eigenvalue weighted by Gasteiger charge is -2.17. The molecule has 0 radical (unpaired) electrons. The normalized spacial score (nSPS) is 14.9. The van der Waals surface area contributed by atoms with Crippen LogP contribution in [0.15, 0.2) is 66.9 Å². The lowest BCUT2D eigenvalue weighted by molar-refractivity contribution is -0.118. The summed E-state index contributed by atoms with van der Waals surface area (Å²) < 4.78 is 1.81. The molecule has 1 saturated carbocycles. The average Bonchev–Trinajstić information content (AvgIpc) is 3.34. The van der Waals surface area contributed by atoms with Crippen molar-refractivity contribution in [2.45, 2.75) is 24.8 Å². The second kappa shape index (κ2) is 6.37. The van der Waals surface area contributed by atoms with Crippen LogP contribution in [0.2, 0.25) is 5.02 Å². The number of amides is 1. The SMILES string of the molecule is O=C(Nc1ccnn1Cc1ccccc1)C1(c2cccc(Cl)c2)CC1. The van der Waals surface area contributed by atoms with Crippen LogP contribution in [0.4, 0.5) is 5.82 Å². The molecule has 0 atom stereocenters. The van der Waals surface area contributed by atoms with Gasteiger partial charge in [0.15, 0.2) is 0 Å². The monoisotopic (exact) mass is 351 g/mol. The molecule has 0 spiro atoms. The molecule has 1 amide bonds. The van der Waals surface area contributed by atoms with Crippen LogP contribution in [0, 0.1) is 0 Å². The Bertz CT molecular complexity index is 900. The molecule has 1 fully saturated rings. The third-order valence-electron chi connectivity index (χ3n) is 4.70. The molecule has 4 nitrogen and oxygen atoms in total. The highest BCUT2D eigenvalue weighted by Crippen LogP contribution is 2.49. The van der Waals surface area contributed by atoms with E-state index in [1.807, 2.05) is 60.7 Å². The zero-order valence-corrected chi connectivity index (χ0v) is 14.4. The van der Waals surface area contributed by atoms with Gasteiger partial charge in [0, 0.05) is 11.1 Å². The lowest BCUT2D eigenvalue weighted by atomic mass is 9.95. The van der Waals surface area contributed by atoms with Gasteiger partial charge in [-0.1, -0.05) is 54.1 Å². The third kappa shape index (κ3) is 3.17. The molecule has 1 aliphatic rings. The molecule has 1 aliphatic carbocycles. The minimum atomic E-state index is -0.466. The fraction of sp³-hybridized carbons (Fsp3) is 0.200. The summed E-state index contributed by atoms with van der Waals surface area (Å²) in [6, 6.07) is 19.5. The van der Waals surface area contributed by atoms with Crippen LogP contribution in [-0.4, -0.2) is 15.7 Å². The molecule has 0 unspecified atom stereocenters. The molecule has 1 N–H and O–H groups in total. The van der Waals surface area contributed by atoms with Crippen molar-refractivity contribution in [1.82, 2.24) is 9.78 Å². The van der Waals surface area contributed by atoms with Crippen LogP contribution in [-0.2, 0) is 16.8 Å². The first-order valence-electron chi connectivity index (χ1n) is 8.31. The lowest BCUT2D eigenvalue weighted by Crippen LogP contribution is -2.29. The number of carbonyl (C=O) groups excluding carboxylic acids is 1. The van der Waals surface area contributed by atoms with Crippen molar-refractivity contribution in [2.24, 2.45) is 0 Å². The largest absolute Gasteiger partial charge is 0.310 e. The van der Waals surface area contributed by atoms with Crippen LogP contribution in [0.1, 0.15) is 24.0 Å². The molecule has 1 heterocycles. The highest BCUT2D eigenvalue weighted by Gasteiger charge is 2.51. The Morgan fingerprint density at radius 3 is 2.64 bits per heavy atom. The van der Waals surface area contributed by atoms with E-state index in [0.717, 1.165) is 24.0 Å². The molecular formula is C20H18ClN3O. The van der Waals surface area contributed by atoms with Crippen molar-refractivity contribution in [3.05, 3.63) is 83.0 Å². The van der Waals surface area contributed by atoms with Crippen LogP contribution >= 0.6 is 11.6 Å². The van der Waals surface area contributed by atoms with E-state index >= 15 is 0 Å². The zero-order chi connectivity index (χ0) is 17.3. The van der Waals surface area contributed by atoms with Gasteiger partial charge in [-0.25, -0.2) is 4.68 Å². The minimum absolute atomic E-state index is 0.00424. The van der Waals surface area contributed by atoms with Gasteiger partial charge in [0.1, 0.15) is 5.82 Å². The molecule has 126 valence electrons. The van der Waals surface area contributed by atoms with Gasteiger partial charge in [0.25, 0.3) is 0 Å². The van der Waals surface area contributed by atoms with Gasteiger partial charge in [0.2, 0.25) is 5.91 Å². The second-order valence-corrected chi connectivity index (χ2v) is 6.84. The molecule has 1 aromatic heterocycles. The predicted octanol–water partition coefficient (Wildman–Crippen LogP) is 4.26. The topological polar surface area (TPSA) is 46.9 Å². The minimum Gasteiger partial charge on any atom is -0.310 e. The first-order chi connectivity index (χ1) is 12.2. The van der Waals surface area contributed by atoms with Crippen LogP contribution < -0.4 is 5.32 Å². The van der Waals surface area contributed by atoms with Gasteiger partial charge in [-0.3, -0.25) is 4.79 Å². The van der Waals surface area contributed by atoms with E-state index in [-0.39, 0.29) is 5.91 Å². The number of carbonyl (C=O) groups is 1. The Morgan fingerprint density at radius 1 is 1.12 bits per heavy atom. The summed E-state index contributed by atoms with van der Waals surface area (Å²) in [6.45, 7) is 0.619. The first kappa shape index (κ1) is 15.9. The fourth-order valence-corrected chi connectivity index (χ4v) is 3.31. The Kier molecular flexibility index (Phi) is 4.06. The number of rotatable bonds is 5. The van der Waals surface area contributed by atoms with Crippen LogP contribution in [0.3, 0.4) is 0 Å². The number of halogens is 1. The number of hydrogen-bond acceptors (Lipinski definition) is 2. The fourth-order valence-electron chi connectivity index (χ4n) is 3.12. The summed E-state index contributed by atoms with van der Waals surface area (Å²) in [5, 5.41) is 8.04. The number of nitrogens with zero attached hydrogens (tertiary/aromatic N) is 2. The van der Waals surface area contributed by atoms with Crippen molar-refractivity contribution in [1.29, 1.82) is 0 Å². The van der Waals surface area contributed by atoms with Crippen LogP contribution in [0.25, 0.3) is 0 Å². The van der Waals surface area contributed by atoms with Gasteiger partial charge in [-0.05, 0) is 36.1 Å². The summed E-state index contributed by atoms with van der Waals surface area (Å²) in [5.41, 5.74) is 1.65. The van der Waals surface area contributed by atoms with E-state index in [2.05, 4.69) is 10.4 Å². The number of hydrogen-bond donors (Lipinski definition) is 1. The Balaban J connectivity index is 1.53. The standard InChI is InChI=1S/C20H18ClN3O/c21-17-8-4-7-16(13-17)20(10-11-20)19(25)23-18-9-12-22-24(18)14-15-5-2-1-3-6-15/h1-9,12-13H,10-11,14H2,(H,23,25). The predicted molar refractivity (Wildman–Crippen MR) is 98.8 cm³/mol. The first-order valence-corrected chi connectivity index (χ1v) is 8.68. The Morgan fingerprint density at radius 2 is 1.92 bits per heavy atom. The highest BCUT2D eigenvalue weighted by atomic mass is 35.5. The number of aromatic nitrogens is 2. The van der Waals surface area contributed by atoms with Gasteiger partial charge >= 0.3 is 0 Å². The van der Waals surface area contributed by atoms with E-state index in [1.54, 1.807) is 10.9 Å². The van der Waals surface area contributed by atoms with Crippen molar-refractivity contribution in [2.75, 3.05) is 5.32 Å². The number of benzene rings is 2. The van der Waals surface area contributed by atoms with Gasteiger partial charge < -0.3 is 5.32 Å². The summed E-state index contributed by atoms with van der Waals surface area (Å²) in [4.78, 5) is 12.9. The summed E-state index contributed by atoms with van der Waals surface area (Å²) in [5.74, 6) is 0.715. The van der Waals surface area contributed by atoms with E-state index in [0.29, 0.717) is 17.4 Å². The zero-order valence-electron chi connectivity index (χ0n) is 13.7. The van der Waals surface area contributed by atoms with E-state index in [4.69, 9.17) is 11.6 Å². The Labute approximate surface area is 151 Å². The maximum absolute atomic E-state index is 12.9. The summed E-state index contributed by atoms with van der Waals surface area (Å²) in [6.07, 6.45) is 3.38. The van der Waals surface area contributed by atoms with Gasteiger partial charge in [-0.15, -0.1) is 0 Å². The van der Waals surface area contributed by atoms with E-state index < -0.39 is 5.41 Å². The van der Waals surface area contributed by atoms with Crippen LogP contribution in [0.5, 0.6) is 0 Å². The molecule has 0 aliphatic heterocycles. The Hall–Kier alpha value is -2.59. The quantitative estimate of drug-likeness (QED) is 0.746. The van der Waals surface area contributed by atoms with Crippen molar-refractivity contribution >= 4 is 23.3 Å². The van der Waals surface area contributed by atoms with Gasteiger partial charge in [-0.2, -0.15) is 5.10 Å². The second-order valence-electron chi connectivity index (χ2n) is 6.41. The molecule has 0 saturated heterocycles. The maximum atomic E-state index is 12.9. The molecule has 2 aromatic carbocycles. The molecule has 0 bridgehead atoms. The average molecular weight is 352 g/mol. The summed E-state index contributed by atoms with van der Waals surface area (Å²) in [7, 11) is 0. The van der Waals surface area contributed by atoms with Crippen molar-refractivity contribution in [3.8, 4) is 0 Å². The van der Waals surface area contributed by atoms with Crippen molar-refractivity contribution < 1.29 is 4.79 Å². The molecule has 4 rings (SSSR count). The van der Waals surface area contributed by atoms with Gasteiger partial charge in [0.05, 0.1) is 18.2 Å². The van der Waals surface area contributed by atoms with Crippen molar-refractivity contribution in [3.63, 3.8) is 0 Å². The molecule has 5 heteroatoms.